The average molecular weight is 263 g/mol. The van der Waals surface area contributed by atoms with Gasteiger partial charge in [-0.2, -0.15) is 5.10 Å². The third-order valence-electron chi connectivity index (χ3n) is 2.48. The van der Waals surface area contributed by atoms with Gasteiger partial charge in [0.2, 0.25) is 0 Å². The number of furan rings is 1. The van der Waals surface area contributed by atoms with Gasteiger partial charge in [0, 0.05) is 11.8 Å². The van der Waals surface area contributed by atoms with Crippen molar-refractivity contribution in [2.24, 2.45) is 0 Å². The van der Waals surface area contributed by atoms with Gasteiger partial charge in [-0.25, -0.2) is 0 Å². The Morgan fingerprint density at radius 1 is 1.53 bits per heavy atom. The molecule has 1 amide bonds. The summed E-state index contributed by atoms with van der Waals surface area (Å²) in [4.78, 5) is 22.9. The molecule has 0 fully saturated rings. The highest BCUT2D eigenvalue weighted by Gasteiger charge is 2.13. The number of amides is 1. The molecule has 0 aliphatic rings. The van der Waals surface area contributed by atoms with Crippen LogP contribution in [0.4, 0.5) is 5.69 Å². The molecule has 0 saturated heterocycles. The number of esters is 1. The van der Waals surface area contributed by atoms with E-state index in [-0.39, 0.29) is 18.2 Å². The molecule has 2 rings (SSSR count). The van der Waals surface area contributed by atoms with Crippen LogP contribution in [0.15, 0.2) is 29.1 Å². The molecule has 7 nitrogen and oxygen atoms in total. The van der Waals surface area contributed by atoms with E-state index in [0.717, 1.165) is 5.56 Å². The number of methoxy groups -OCH3 is 1. The van der Waals surface area contributed by atoms with Crippen molar-refractivity contribution in [2.75, 3.05) is 12.4 Å². The fourth-order valence-corrected chi connectivity index (χ4v) is 1.50. The highest BCUT2D eigenvalue weighted by Crippen LogP contribution is 2.12. The van der Waals surface area contributed by atoms with E-state index in [1.54, 1.807) is 13.0 Å². The van der Waals surface area contributed by atoms with Gasteiger partial charge in [0.15, 0.2) is 5.76 Å². The normalized spacial score (nSPS) is 10.2. The topological polar surface area (TPSA) is 86.4 Å². The van der Waals surface area contributed by atoms with Crippen LogP contribution in [-0.4, -0.2) is 28.8 Å². The molecule has 19 heavy (non-hydrogen) atoms. The lowest BCUT2D eigenvalue weighted by molar-refractivity contribution is -0.141. The van der Waals surface area contributed by atoms with Crippen molar-refractivity contribution in [3.05, 3.63) is 36.0 Å². The molecule has 0 aliphatic carbocycles. The van der Waals surface area contributed by atoms with Gasteiger partial charge >= 0.3 is 5.97 Å². The van der Waals surface area contributed by atoms with Crippen molar-refractivity contribution in [1.82, 2.24) is 9.78 Å². The van der Waals surface area contributed by atoms with Crippen molar-refractivity contribution in [2.45, 2.75) is 13.5 Å². The fourth-order valence-electron chi connectivity index (χ4n) is 1.50. The highest BCUT2D eigenvalue weighted by molar-refractivity contribution is 6.03. The van der Waals surface area contributed by atoms with Crippen molar-refractivity contribution >= 4 is 17.6 Å². The van der Waals surface area contributed by atoms with Crippen LogP contribution in [-0.2, 0) is 16.1 Å². The van der Waals surface area contributed by atoms with Crippen molar-refractivity contribution in [3.8, 4) is 0 Å². The predicted octanol–water partition coefficient (Wildman–Crippen LogP) is 1.21. The summed E-state index contributed by atoms with van der Waals surface area (Å²) in [6, 6.07) is 1.70. The maximum absolute atomic E-state index is 11.9. The van der Waals surface area contributed by atoms with E-state index >= 15 is 0 Å². The Hall–Kier alpha value is -2.57. The summed E-state index contributed by atoms with van der Waals surface area (Å²) in [7, 11) is 1.30. The summed E-state index contributed by atoms with van der Waals surface area (Å²) < 4.78 is 11.0. The largest absolute Gasteiger partial charge is 0.468 e. The number of rotatable bonds is 4. The lowest BCUT2D eigenvalue weighted by atomic mass is 10.2. The molecule has 0 aromatic carbocycles. The minimum Gasteiger partial charge on any atom is -0.468 e. The standard InChI is InChI=1S/C12H13N3O4/c1-8-3-4-19-11(8)12(17)14-9-5-13-15(6-9)7-10(16)18-2/h3-6H,7H2,1-2H3,(H,14,17). The number of ether oxygens (including phenoxy) is 1. The Morgan fingerprint density at radius 2 is 2.32 bits per heavy atom. The summed E-state index contributed by atoms with van der Waals surface area (Å²) >= 11 is 0. The molecule has 0 saturated carbocycles. The molecule has 2 aromatic heterocycles. The average Bonchev–Trinajstić information content (AvgIpc) is 2.98. The Balaban J connectivity index is 2.02. The van der Waals surface area contributed by atoms with Crippen molar-refractivity contribution in [3.63, 3.8) is 0 Å². The maximum Gasteiger partial charge on any atom is 0.327 e. The molecule has 0 unspecified atom stereocenters. The van der Waals surface area contributed by atoms with E-state index < -0.39 is 5.97 Å². The van der Waals surface area contributed by atoms with E-state index in [0.29, 0.717) is 5.69 Å². The van der Waals surface area contributed by atoms with Gasteiger partial charge in [-0.05, 0) is 13.0 Å². The van der Waals surface area contributed by atoms with Crippen LogP contribution in [0.3, 0.4) is 0 Å². The van der Waals surface area contributed by atoms with Crippen LogP contribution < -0.4 is 5.32 Å². The Morgan fingerprint density at radius 3 is 2.95 bits per heavy atom. The summed E-state index contributed by atoms with van der Waals surface area (Å²) in [6.07, 6.45) is 4.43. The maximum atomic E-state index is 11.9. The summed E-state index contributed by atoms with van der Waals surface area (Å²) in [5.74, 6) is -0.524. The predicted molar refractivity (Wildman–Crippen MR) is 65.6 cm³/mol. The number of carbonyl (C=O) groups excluding carboxylic acids is 2. The Labute approximate surface area is 109 Å². The number of aromatic nitrogens is 2. The third-order valence-corrected chi connectivity index (χ3v) is 2.48. The first-order valence-corrected chi connectivity index (χ1v) is 5.55. The zero-order valence-corrected chi connectivity index (χ0v) is 10.5. The molecule has 0 spiro atoms. The summed E-state index contributed by atoms with van der Waals surface area (Å²) in [6.45, 7) is 1.77. The second-order valence-electron chi connectivity index (χ2n) is 3.89. The number of carbonyl (C=O) groups is 2. The van der Waals surface area contributed by atoms with Crippen LogP contribution in [0.2, 0.25) is 0 Å². The molecule has 1 N–H and O–H groups in total. The van der Waals surface area contributed by atoms with Crippen LogP contribution in [0.25, 0.3) is 0 Å². The second-order valence-corrected chi connectivity index (χ2v) is 3.89. The monoisotopic (exact) mass is 263 g/mol. The molecular formula is C12H13N3O4. The first-order chi connectivity index (χ1) is 9.10. The van der Waals surface area contributed by atoms with E-state index in [4.69, 9.17) is 4.42 Å². The van der Waals surface area contributed by atoms with Crippen LogP contribution >= 0.6 is 0 Å². The lowest BCUT2D eigenvalue weighted by Gasteiger charge is -2.00. The molecule has 0 atom stereocenters. The second kappa shape index (κ2) is 5.38. The number of nitrogens with one attached hydrogen (secondary N) is 1. The van der Waals surface area contributed by atoms with Crippen LogP contribution in [0.1, 0.15) is 16.1 Å². The van der Waals surface area contributed by atoms with Gasteiger partial charge in [-0.1, -0.05) is 0 Å². The smallest absolute Gasteiger partial charge is 0.327 e. The third kappa shape index (κ3) is 3.01. The first-order valence-electron chi connectivity index (χ1n) is 5.55. The molecule has 2 aromatic rings. The Kier molecular flexibility index (Phi) is 3.65. The van der Waals surface area contributed by atoms with E-state index in [2.05, 4.69) is 15.2 Å². The quantitative estimate of drug-likeness (QED) is 0.838. The van der Waals surface area contributed by atoms with Gasteiger partial charge in [0.25, 0.3) is 5.91 Å². The molecular weight excluding hydrogens is 250 g/mol. The van der Waals surface area contributed by atoms with Crippen molar-refractivity contribution < 1.29 is 18.7 Å². The number of hydrogen-bond donors (Lipinski definition) is 1. The zero-order chi connectivity index (χ0) is 13.8. The van der Waals surface area contributed by atoms with Gasteiger partial charge in [-0.15, -0.1) is 0 Å². The zero-order valence-electron chi connectivity index (χ0n) is 10.5. The van der Waals surface area contributed by atoms with Crippen molar-refractivity contribution in [1.29, 1.82) is 0 Å². The number of aryl methyl sites for hydroxylation is 1. The van der Waals surface area contributed by atoms with E-state index in [9.17, 15) is 9.59 Å². The minimum atomic E-state index is -0.414. The van der Waals surface area contributed by atoms with Gasteiger partial charge in [0.05, 0.1) is 25.3 Å². The lowest BCUT2D eigenvalue weighted by Crippen LogP contribution is -2.13. The van der Waals surface area contributed by atoms with E-state index in [1.807, 2.05) is 0 Å². The highest BCUT2D eigenvalue weighted by atomic mass is 16.5. The van der Waals surface area contributed by atoms with E-state index in [1.165, 1.54) is 30.4 Å². The molecule has 0 radical (unpaired) electrons. The molecule has 7 heteroatoms. The Bertz CT molecular complexity index is 600. The van der Waals surface area contributed by atoms with Gasteiger partial charge < -0.3 is 14.5 Å². The molecule has 0 aliphatic heterocycles. The number of anilines is 1. The van der Waals surface area contributed by atoms with Gasteiger partial charge in [0.1, 0.15) is 6.54 Å². The van der Waals surface area contributed by atoms with Crippen LogP contribution in [0, 0.1) is 6.92 Å². The minimum absolute atomic E-state index is 0.00779. The number of nitrogens with zero attached hydrogens (tertiary/aromatic N) is 2. The molecule has 100 valence electrons. The number of hydrogen-bond acceptors (Lipinski definition) is 5. The molecule has 0 bridgehead atoms. The fraction of sp³-hybridized carbons (Fsp3) is 0.250. The summed E-state index contributed by atoms with van der Waals surface area (Å²) in [5.41, 5.74) is 1.23. The van der Waals surface area contributed by atoms with Gasteiger partial charge in [-0.3, -0.25) is 14.3 Å². The van der Waals surface area contributed by atoms with Crippen LogP contribution in [0.5, 0.6) is 0 Å². The molecule has 2 heterocycles. The SMILES string of the molecule is COC(=O)Cn1cc(NC(=O)c2occc2C)cn1. The summed E-state index contributed by atoms with van der Waals surface area (Å²) in [5, 5.41) is 6.56. The first kappa shape index (κ1) is 12.9.